The second-order valence-electron chi connectivity index (χ2n) is 10.1. The number of nitrogens with one attached hydrogen (secondary N) is 3. The maximum atomic E-state index is 13.1. The summed E-state index contributed by atoms with van der Waals surface area (Å²) in [4.78, 5) is 40.7. The standard InChI is InChI=1S/C28H36N8O5/c1-18(2)31-28(38)32-22-8-5-19(17-30-22)26(37)34-27-33-23-20(25-29-9-11-36(25)27)6-7-21(24(23)39-3)41-14-4-10-35-12-15-40-16-13-35/h5-8,17-18,29H,4,9-16H2,1-3H3,(H2,30,31,32,38). The van der Waals surface area contributed by atoms with E-state index in [1.54, 1.807) is 19.2 Å². The zero-order chi connectivity index (χ0) is 28.8. The van der Waals surface area contributed by atoms with Gasteiger partial charge >= 0.3 is 6.03 Å². The van der Waals surface area contributed by atoms with Gasteiger partial charge in [0, 0.05) is 50.3 Å². The molecule has 0 radical (unpaired) electrons. The molecule has 0 bridgehead atoms. The van der Waals surface area contributed by atoms with Gasteiger partial charge in [-0.2, -0.15) is 4.99 Å². The topological polar surface area (TPSA) is 144 Å². The quantitative estimate of drug-likeness (QED) is 0.333. The molecule has 0 unspecified atom stereocenters. The molecule has 1 saturated heterocycles. The van der Waals surface area contributed by atoms with E-state index >= 15 is 0 Å². The maximum absolute atomic E-state index is 13.1. The summed E-state index contributed by atoms with van der Waals surface area (Å²) < 4.78 is 19.1. The molecule has 3 amide bonds. The fraction of sp³-hybridized carbons (Fsp3) is 0.464. The van der Waals surface area contributed by atoms with E-state index in [2.05, 4.69) is 30.8 Å². The number of carbonyl (C=O) groups excluding carboxylic acids is 2. The molecule has 41 heavy (non-hydrogen) atoms. The van der Waals surface area contributed by atoms with Crippen LogP contribution in [0.3, 0.4) is 0 Å². The number of rotatable bonds is 9. The van der Waals surface area contributed by atoms with Crippen LogP contribution in [0.2, 0.25) is 0 Å². The molecule has 0 spiro atoms. The van der Waals surface area contributed by atoms with Crippen LogP contribution in [0.25, 0.3) is 10.9 Å². The molecule has 0 aliphatic carbocycles. The van der Waals surface area contributed by atoms with Crippen molar-refractivity contribution in [3.8, 4) is 11.5 Å². The van der Waals surface area contributed by atoms with Crippen LogP contribution in [0.1, 0.15) is 30.6 Å². The van der Waals surface area contributed by atoms with Crippen molar-refractivity contribution in [1.29, 1.82) is 0 Å². The van der Waals surface area contributed by atoms with Crippen molar-refractivity contribution < 1.29 is 23.8 Å². The number of amides is 3. The number of carbonyl (C=O) groups is 2. The van der Waals surface area contributed by atoms with E-state index < -0.39 is 5.91 Å². The highest BCUT2D eigenvalue weighted by Gasteiger charge is 2.21. The average Bonchev–Trinajstić information content (AvgIpc) is 3.46. The lowest BCUT2D eigenvalue weighted by atomic mass is 10.2. The lowest BCUT2D eigenvalue weighted by molar-refractivity contribution is 0.0357. The van der Waals surface area contributed by atoms with Crippen molar-refractivity contribution in [2.24, 2.45) is 4.99 Å². The van der Waals surface area contributed by atoms with Crippen LogP contribution in [0, 0.1) is 0 Å². The van der Waals surface area contributed by atoms with E-state index in [0.29, 0.717) is 42.5 Å². The Morgan fingerprint density at radius 2 is 2.00 bits per heavy atom. The minimum atomic E-state index is -0.501. The molecule has 2 aromatic heterocycles. The monoisotopic (exact) mass is 564 g/mol. The van der Waals surface area contributed by atoms with Gasteiger partial charge in [-0.05, 0) is 44.5 Å². The Morgan fingerprint density at radius 3 is 2.73 bits per heavy atom. The van der Waals surface area contributed by atoms with Crippen molar-refractivity contribution >= 4 is 34.5 Å². The highest BCUT2D eigenvalue weighted by Crippen LogP contribution is 2.37. The number of hydrogen-bond acceptors (Lipinski definition) is 9. The Hall–Kier alpha value is -4.23. The molecule has 5 rings (SSSR count). The molecule has 1 aromatic carbocycles. The molecule has 0 saturated carbocycles. The molecule has 2 aliphatic heterocycles. The van der Waals surface area contributed by atoms with E-state index in [1.807, 2.05) is 30.5 Å². The van der Waals surface area contributed by atoms with Crippen molar-refractivity contribution in [2.75, 3.05) is 63.7 Å². The van der Waals surface area contributed by atoms with Crippen LogP contribution in [0.15, 0.2) is 35.5 Å². The third-order valence-corrected chi connectivity index (χ3v) is 6.76. The SMILES string of the molecule is COc1c(OCCCN2CCOCC2)ccc2c3n(c(=NC(=O)c4ccc(NC(=O)NC(C)C)nc4)nc12)CCN3. The van der Waals surface area contributed by atoms with Gasteiger partial charge in [-0.25, -0.2) is 14.8 Å². The van der Waals surface area contributed by atoms with Gasteiger partial charge in [-0.15, -0.1) is 0 Å². The summed E-state index contributed by atoms with van der Waals surface area (Å²) in [5.74, 6) is 1.71. The van der Waals surface area contributed by atoms with Gasteiger partial charge in [-0.3, -0.25) is 19.6 Å². The van der Waals surface area contributed by atoms with Gasteiger partial charge in [0.15, 0.2) is 11.5 Å². The first kappa shape index (κ1) is 28.3. The first-order chi connectivity index (χ1) is 19.9. The molecule has 218 valence electrons. The lowest BCUT2D eigenvalue weighted by Gasteiger charge is -2.26. The number of nitrogens with zero attached hydrogens (tertiary/aromatic N) is 5. The summed E-state index contributed by atoms with van der Waals surface area (Å²) >= 11 is 0. The number of ether oxygens (including phenoxy) is 3. The summed E-state index contributed by atoms with van der Waals surface area (Å²) in [5, 5.41) is 9.58. The highest BCUT2D eigenvalue weighted by molar-refractivity contribution is 5.97. The Balaban J connectivity index is 1.37. The van der Waals surface area contributed by atoms with Gasteiger partial charge in [0.05, 0.1) is 32.5 Å². The molecule has 2 aliphatic rings. The minimum Gasteiger partial charge on any atom is -0.491 e. The molecular weight excluding hydrogens is 528 g/mol. The normalized spacial score (nSPS) is 15.5. The minimum absolute atomic E-state index is 0.0144. The maximum Gasteiger partial charge on any atom is 0.320 e. The second kappa shape index (κ2) is 13.0. The Morgan fingerprint density at radius 1 is 1.17 bits per heavy atom. The number of fused-ring (bicyclic) bond motifs is 3. The van der Waals surface area contributed by atoms with Crippen LogP contribution in [-0.2, 0) is 11.3 Å². The van der Waals surface area contributed by atoms with Crippen LogP contribution in [-0.4, -0.2) is 90.5 Å². The van der Waals surface area contributed by atoms with E-state index in [4.69, 9.17) is 19.2 Å². The lowest BCUT2D eigenvalue weighted by Crippen LogP contribution is -2.37. The zero-order valence-electron chi connectivity index (χ0n) is 23.6. The summed E-state index contributed by atoms with van der Waals surface area (Å²) in [6.45, 7) is 9.90. The first-order valence-corrected chi connectivity index (χ1v) is 13.8. The van der Waals surface area contributed by atoms with Crippen LogP contribution >= 0.6 is 0 Å². The fourth-order valence-electron chi connectivity index (χ4n) is 4.80. The average molecular weight is 565 g/mol. The molecular formula is C28H36N8O5. The van der Waals surface area contributed by atoms with Crippen molar-refractivity contribution in [3.05, 3.63) is 41.6 Å². The van der Waals surface area contributed by atoms with E-state index in [9.17, 15) is 9.59 Å². The number of urea groups is 1. The number of anilines is 2. The summed E-state index contributed by atoms with van der Waals surface area (Å²) in [6, 6.07) is 6.58. The second-order valence-corrected chi connectivity index (χ2v) is 10.1. The number of methoxy groups -OCH3 is 1. The van der Waals surface area contributed by atoms with Gasteiger partial charge in [0.2, 0.25) is 5.62 Å². The number of aromatic nitrogens is 3. The van der Waals surface area contributed by atoms with E-state index in [-0.39, 0.29) is 23.3 Å². The van der Waals surface area contributed by atoms with Gasteiger partial charge in [0.25, 0.3) is 5.91 Å². The van der Waals surface area contributed by atoms with Gasteiger partial charge in [0.1, 0.15) is 17.2 Å². The smallest absolute Gasteiger partial charge is 0.320 e. The predicted octanol–water partition coefficient (Wildman–Crippen LogP) is 2.24. The van der Waals surface area contributed by atoms with E-state index in [0.717, 1.165) is 50.5 Å². The van der Waals surface area contributed by atoms with Crippen LogP contribution in [0.5, 0.6) is 11.5 Å². The molecule has 3 N–H and O–H groups in total. The number of pyridine rings is 1. The molecule has 13 nitrogen and oxygen atoms in total. The molecule has 0 atom stereocenters. The van der Waals surface area contributed by atoms with Gasteiger partial charge in [-0.1, -0.05) is 0 Å². The number of morpholine rings is 1. The third-order valence-electron chi connectivity index (χ3n) is 6.76. The molecule has 1 fully saturated rings. The summed E-state index contributed by atoms with van der Waals surface area (Å²) in [5.41, 5.74) is 1.08. The van der Waals surface area contributed by atoms with Crippen molar-refractivity contribution in [1.82, 2.24) is 24.8 Å². The summed E-state index contributed by atoms with van der Waals surface area (Å²) in [6.07, 6.45) is 2.25. The van der Waals surface area contributed by atoms with Gasteiger partial charge < -0.3 is 24.8 Å². The third kappa shape index (κ3) is 6.74. The van der Waals surface area contributed by atoms with Crippen LogP contribution < -0.4 is 31.0 Å². The van der Waals surface area contributed by atoms with Crippen molar-refractivity contribution in [2.45, 2.75) is 32.9 Å². The molecule has 4 heterocycles. The molecule has 3 aromatic rings. The summed E-state index contributed by atoms with van der Waals surface area (Å²) in [7, 11) is 1.58. The number of hydrogen-bond donors (Lipinski definition) is 3. The first-order valence-electron chi connectivity index (χ1n) is 13.8. The Kier molecular flexibility index (Phi) is 8.95. The highest BCUT2D eigenvalue weighted by atomic mass is 16.5. The fourth-order valence-corrected chi connectivity index (χ4v) is 4.80. The Bertz CT molecular complexity index is 1470. The van der Waals surface area contributed by atoms with Crippen molar-refractivity contribution in [3.63, 3.8) is 0 Å². The zero-order valence-corrected chi connectivity index (χ0v) is 23.6. The molecule has 13 heteroatoms. The predicted molar refractivity (Wildman–Crippen MR) is 154 cm³/mol. The van der Waals surface area contributed by atoms with E-state index in [1.165, 1.54) is 6.20 Å². The largest absolute Gasteiger partial charge is 0.491 e. The van der Waals surface area contributed by atoms with Crippen LogP contribution in [0.4, 0.5) is 16.4 Å². The number of benzene rings is 1. The Labute approximate surface area is 237 Å².